The molecule has 1 aromatic rings. The van der Waals surface area contributed by atoms with Crippen molar-refractivity contribution in [1.29, 1.82) is 0 Å². The van der Waals surface area contributed by atoms with Crippen molar-refractivity contribution < 1.29 is 24.2 Å². The number of hydrogen-bond donors (Lipinski definition) is 2. The van der Waals surface area contributed by atoms with Gasteiger partial charge < -0.3 is 15.2 Å². The maximum absolute atomic E-state index is 12.2. The van der Waals surface area contributed by atoms with E-state index in [0.29, 0.717) is 29.8 Å². The highest BCUT2D eigenvalue weighted by molar-refractivity contribution is 7.12. The number of carbonyl (C=O) groups is 3. The Bertz CT molecular complexity index is 580. The van der Waals surface area contributed by atoms with Crippen molar-refractivity contribution in [2.75, 3.05) is 12.4 Å². The molecule has 1 aliphatic rings. The first-order chi connectivity index (χ1) is 9.93. The Morgan fingerprint density at radius 2 is 2.00 bits per heavy atom. The number of carbonyl (C=O) groups excluding carboxylic acids is 2. The van der Waals surface area contributed by atoms with Gasteiger partial charge >= 0.3 is 11.9 Å². The zero-order valence-corrected chi connectivity index (χ0v) is 12.7. The van der Waals surface area contributed by atoms with E-state index in [9.17, 15) is 14.4 Å². The molecule has 2 rings (SSSR count). The van der Waals surface area contributed by atoms with E-state index in [1.165, 1.54) is 18.4 Å². The van der Waals surface area contributed by atoms with Crippen LogP contribution in [0.15, 0.2) is 5.38 Å². The van der Waals surface area contributed by atoms with Crippen molar-refractivity contribution in [3.63, 3.8) is 0 Å². The molecule has 114 valence electrons. The number of anilines is 1. The number of thiophene rings is 1. The number of aliphatic carboxylic acids is 1. The maximum Gasteiger partial charge on any atom is 0.350 e. The van der Waals surface area contributed by atoms with Gasteiger partial charge in [0.25, 0.3) is 0 Å². The van der Waals surface area contributed by atoms with Crippen molar-refractivity contribution in [3.8, 4) is 0 Å². The van der Waals surface area contributed by atoms with Gasteiger partial charge in [0.05, 0.1) is 18.7 Å². The predicted octanol–water partition coefficient (Wildman–Crippen LogP) is 2.28. The van der Waals surface area contributed by atoms with E-state index < -0.39 is 17.9 Å². The van der Waals surface area contributed by atoms with Gasteiger partial charge in [-0.2, -0.15) is 0 Å². The molecule has 7 heteroatoms. The highest BCUT2D eigenvalue weighted by Gasteiger charge is 2.34. The van der Waals surface area contributed by atoms with Crippen LogP contribution in [0.3, 0.4) is 0 Å². The van der Waals surface area contributed by atoms with Gasteiger partial charge in [0, 0.05) is 5.92 Å². The van der Waals surface area contributed by atoms with Crippen LogP contribution in [0.1, 0.15) is 34.5 Å². The molecule has 1 aliphatic carbocycles. The molecule has 0 radical (unpaired) electrons. The van der Waals surface area contributed by atoms with Gasteiger partial charge in [0.2, 0.25) is 5.91 Å². The van der Waals surface area contributed by atoms with E-state index in [1.807, 2.05) is 0 Å². The molecule has 1 saturated carbocycles. The first kappa shape index (κ1) is 15.5. The molecule has 2 unspecified atom stereocenters. The van der Waals surface area contributed by atoms with E-state index in [1.54, 1.807) is 12.3 Å². The molecule has 2 N–H and O–H groups in total. The fraction of sp³-hybridized carbons (Fsp3) is 0.500. The van der Waals surface area contributed by atoms with Crippen LogP contribution in [0.4, 0.5) is 5.69 Å². The normalized spacial score (nSPS) is 21.0. The molecule has 1 heterocycles. The summed E-state index contributed by atoms with van der Waals surface area (Å²) < 4.78 is 4.69. The Balaban J connectivity index is 2.09. The number of carboxylic acids is 1. The quantitative estimate of drug-likeness (QED) is 0.832. The summed E-state index contributed by atoms with van der Waals surface area (Å²) in [6.45, 7) is 1.80. The van der Waals surface area contributed by atoms with Gasteiger partial charge in [-0.15, -0.1) is 11.3 Å². The largest absolute Gasteiger partial charge is 0.481 e. The Morgan fingerprint density at radius 3 is 2.57 bits per heavy atom. The van der Waals surface area contributed by atoms with Crippen LogP contribution in [0.5, 0.6) is 0 Å². The molecule has 1 aromatic heterocycles. The van der Waals surface area contributed by atoms with Crippen LogP contribution in [0.25, 0.3) is 0 Å². The smallest absolute Gasteiger partial charge is 0.350 e. The van der Waals surface area contributed by atoms with Gasteiger partial charge in [-0.3, -0.25) is 9.59 Å². The zero-order valence-electron chi connectivity index (χ0n) is 11.8. The third kappa shape index (κ3) is 3.24. The molecular weight excluding hydrogens is 294 g/mol. The van der Waals surface area contributed by atoms with Crippen LogP contribution in [0.2, 0.25) is 0 Å². The molecule has 0 aromatic carbocycles. The minimum atomic E-state index is -0.854. The number of aryl methyl sites for hydroxylation is 1. The Morgan fingerprint density at radius 1 is 1.33 bits per heavy atom. The number of nitrogens with one attached hydrogen (secondary N) is 1. The van der Waals surface area contributed by atoms with Crippen molar-refractivity contribution in [2.45, 2.75) is 26.2 Å². The highest BCUT2D eigenvalue weighted by atomic mass is 32.1. The lowest BCUT2D eigenvalue weighted by Crippen LogP contribution is -2.22. The van der Waals surface area contributed by atoms with E-state index in [2.05, 4.69) is 10.1 Å². The van der Waals surface area contributed by atoms with Gasteiger partial charge in [0.1, 0.15) is 4.88 Å². The summed E-state index contributed by atoms with van der Waals surface area (Å²) in [6.07, 6.45) is 1.41. The van der Waals surface area contributed by atoms with Crippen molar-refractivity contribution in [2.24, 2.45) is 11.8 Å². The average molecular weight is 311 g/mol. The molecule has 6 nitrogen and oxygen atoms in total. The zero-order chi connectivity index (χ0) is 15.6. The number of esters is 1. The van der Waals surface area contributed by atoms with Gasteiger partial charge in [-0.05, 0) is 37.1 Å². The van der Waals surface area contributed by atoms with E-state index in [4.69, 9.17) is 5.11 Å². The number of ether oxygens (including phenoxy) is 1. The summed E-state index contributed by atoms with van der Waals surface area (Å²) >= 11 is 1.22. The monoisotopic (exact) mass is 311 g/mol. The predicted molar refractivity (Wildman–Crippen MR) is 77.5 cm³/mol. The Kier molecular flexibility index (Phi) is 4.62. The minimum absolute atomic E-state index is 0.231. The van der Waals surface area contributed by atoms with Crippen molar-refractivity contribution >= 4 is 34.9 Å². The highest BCUT2D eigenvalue weighted by Crippen LogP contribution is 2.34. The van der Waals surface area contributed by atoms with E-state index >= 15 is 0 Å². The second-order valence-electron chi connectivity index (χ2n) is 5.15. The fourth-order valence-electron chi connectivity index (χ4n) is 2.51. The summed E-state index contributed by atoms with van der Waals surface area (Å²) in [4.78, 5) is 35.2. The number of methoxy groups -OCH3 is 1. The number of rotatable bonds is 4. The fourth-order valence-corrected chi connectivity index (χ4v) is 3.43. The van der Waals surface area contributed by atoms with Crippen LogP contribution in [0, 0.1) is 18.8 Å². The van der Waals surface area contributed by atoms with Crippen molar-refractivity contribution in [1.82, 2.24) is 0 Å². The maximum atomic E-state index is 12.2. The third-order valence-electron chi connectivity index (χ3n) is 3.75. The van der Waals surface area contributed by atoms with Gasteiger partial charge in [-0.1, -0.05) is 0 Å². The van der Waals surface area contributed by atoms with Crippen molar-refractivity contribution in [3.05, 3.63) is 15.8 Å². The molecule has 21 heavy (non-hydrogen) atoms. The first-order valence-electron chi connectivity index (χ1n) is 6.64. The minimum Gasteiger partial charge on any atom is -0.481 e. The third-order valence-corrected chi connectivity index (χ3v) is 4.82. The summed E-state index contributed by atoms with van der Waals surface area (Å²) in [6, 6.07) is 0. The molecule has 2 atom stereocenters. The van der Waals surface area contributed by atoms with Crippen LogP contribution in [-0.2, 0) is 14.3 Å². The van der Waals surface area contributed by atoms with E-state index in [-0.39, 0.29) is 11.8 Å². The second-order valence-corrected chi connectivity index (χ2v) is 6.03. The summed E-state index contributed by atoms with van der Waals surface area (Å²) in [7, 11) is 1.29. The summed E-state index contributed by atoms with van der Waals surface area (Å²) in [5.74, 6) is -2.35. The molecular formula is C14H17NO5S. The lowest BCUT2D eigenvalue weighted by molar-refractivity contribution is -0.141. The van der Waals surface area contributed by atoms with E-state index in [0.717, 1.165) is 5.56 Å². The molecule has 1 amide bonds. The molecule has 0 saturated heterocycles. The topological polar surface area (TPSA) is 92.7 Å². The Hall–Kier alpha value is -1.89. The number of amides is 1. The molecule has 0 bridgehead atoms. The first-order valence-corrected chi connectivity index (χ1v) is 7.52. The van der Waals surface area contributed by atoms with Crippen LogP contribution >= 0.6 is 11.3 Å². The van der Waals surface area contributed by atoms with Gasteiger partial charge in [0.15, 0.2) is 0 Å². The lowest BCUT2D eigenvalue weighted by Gasteiger charge is -2.12. The summed E-state index contributed by atoms with van der Waals surface area (Å²) in [5.41, 5.74) is 1.26. The standard InChI is InChI=1S/C14H17NO5S/c1-7-6-21-11(14(19)20-2)10(7)15-12(16)8-3-4-9(5-8)13(17)18/h6,8-9H,3-5H2,1-2H3,(H,15,16)(H,17,18). The van der Waals surface area contributed by atoms with Crippen LogP contribution in [-0.4, -0.2) is 30.1 Å². The van der Waals surface area contributed by atoms with Crippen LogP contribution < -0.4 is 5.32 Å². The SMILES string of the molecule is COC(=O)c1scc(C)c1NC(=O)C1CCC(C(=O)O)C1. The average Bonchev–Trinajstić information content (AvgIpc) is 3.06. The molecule has 0 spiro atoms. The summed E-state index contributed by atoms with van der Waals surface area (Å²) in [5, 5.41) is 13.5. The molecule has 0 aliphatic heterocycles. The number of carboxylic acid groups (broad SMARTS) is 1. The van der Waals surface area contributed by atoms with Gasteiger partial charge in [-0.25, -0.2) is 4.79 Å². The number of hydrogen-bond acceptors (Lipinski definition) is 5. The second kappa shape index (κ2) is 6.26. The molecule has 1 fully saturated rings. The Labute approximate surface area is 126 Å². The lowest BCUT2D eigenvalue weighted by atomic mass is 10.0.